The molecule has 1 aromatic carbocycles. The van der Waals surface area contributed by atoms with Crippen molar-refractivity contribution in [3.8, 4) is 10.4 Å². The van der Waals surface area contributed by atoms with Crippen LogP contribution in [-0.2, 0) is 6.54 Å². The van der Waals surface area contributed by atoms with E-state index in [0.29, 0.717) is 0 Å². The molecule has 0 spiro atoms. The van der Waals surface area contributed by atoms with E-state index in [0.717, 1.165) is 28.7 Å². The third-order valence-electron chi connectivity index (χ3n) is 3.95. The fourth-order valence-electron chi connectivity index (χ4n) is 2.74. The standard InChI is InChI=1S/C18H21ClN2S/c19-16-8-4-7-15(11-16)17-12-21-18(22-17)13-20-10-9-14-5-2-1-3-6-14/h4-5,7-8,11-12,20H,1-3,6,9-10,13H2. The zero-order chi connectivity index (χ0) is 15.2. The van der Waals surface area contributed by atoms with Crippen molar-refractivity contribution in [1.29, 1.82) is 0 Å². The Kier molecular flexibility index (Phi) is 5.65. The lowest BCUT2D eigenvalue weighted by Crippen LogP contribution is -2.15. The van der Waals surface area contributed by atoms with E-state index in [4.69, 9.17) is 11.6 Å². The van der Waals surface area contributed by atoms with Crippen LogP contribution >= 0.6 is 22.9 Å². The average Bonchev–Trinajstić information content (AvgIpc) is 3.02. The van der Waals surface area contributed by atoms with Crippen LogP contribution in [0.25, 0.3) is 10.4 Å². The van der Waals surface area contributed by atoms with Crippen molar-refractivity contribution < 1.29 is 0 Å². The second-order valence-electron chi connectivity index (χ2n) is 5.66. The van der Waals surface area contributed by atoms with Gasteiger partial charge in [-0.25, -0.2) is 4.98 Å². The van der Waals surface area contributed by atoms with Gasteiger partial charge in [-0.15, -0.1) is 11.3 Å². The fourth-order valence-corrected chi connectivity index (χ4v) is 3.82. The van der Waals surface area contributed by atoms with Crippen molar-refractivity contribution in [2.75, 3.05) is 6.54 Å². The zero-order valence-corrected chi connectivity index (χ0v) is 14.2. The Balaban J connectivity index is 1.48. The van der Waals surface area contributed by atoms with Crippen molar-refractivity contribution in [2.45, 2.75) is 38.6 Å². The van der Waals surface area contributed by atoms with Gasteiger partial charge in [0.25, 0.3) is 0 Å². The molecule has 3 rings (SSSR count). The Bertz CT molecular complexity index is 648. The summed E-state index contributed by atoms with van der Waals surface area (Å²) in [5.74, 6) is 0. The number of aromatic nitrogens is 1. The fraction of sp³-hybridized carbons (Fsp3) is 0.389. The maximum atomic E-state index is 6.04. The van der Waals surface area contributed by atoms with E-state index in [2.05, 4.69) is 22.4 Å². The third-order valence-corrected chi connectivity index (χ3v) is 5.23. The van der Waals surface area contributed by atoms with Gasteiger partial charge in [-0.2, -0.15) is 0 Å². The van der Waals surface area contributed by atoms with Crippen LogP contribution in [-0.4, -0.2) is 11.5 Å². The first-order chi connectivity index (χ1) is 10.8. The molecule has 0 fully saturated rings. The van der Waals surface area contributed by atoms with Gasteiger partial charge >= 0.3 is 0 Å². The van der Waals surface area contributed by atoms with E-state index in [9.17, 15) is 0 Å². The van der Waals surface area contributed by atoms with E-state index < -0.39 is 0 Å². The molecule has 116 valence electrons. The molecule has 0 saturated heterocycles. The van der Waals surface area contributed by atoms with Gasteiger partial charge in [0, 0.05) is 17.8 Å². The van der Waals surface area contributed by atoms with Gasteiger partial charge in [0.15, 0.2) is 0 Å². The summed E-state index contributed by atoms with van der Waals surface area (Å²) in [7, 11) is 0. The molecule has 0 bridgehead atoms. The SMILES string of the molecule is Clc1cccc(-c2cnc(CNCCC3=CCCCC3)s2)c1. The molecule has 0 atom stereocenters. The summed E-state index contributed by atoms with van der Waals surface area (Å²) in [5, 5.41) is 5.41. The summed E-state index contributed by atoms with van der Waals surface area (Å²) in [5.41, 5.74) is 2.76. The van der Waals surface area contributed by atoms with Crippen molar-refractivity contribution in [3.63, 3.8) is 0 Å². The number of thiazole rings is 1. The molecule has 22 heavy (non-hydrogen) atoms. The van der Waals surface area contributed by atoms with Gasteiger partial charge in [-0.3, -0.25) is 0 Å². The molecule has 0 aliphatic heterocycles. The van der Waals surface area contributed by atoms with Crippen LogP contribution in [0.4, 0.5) is 0 Å². The second kappa shape index (κ2) is 7.91. The molecule has 4 heteroatoms. The maximum absolute atomic E-state index is 6.04. The molecule has 2 aromatic rings. The predicted octanol–water partition coefficient (Wildman–Crippen LogP) is 5.44. The van der Waals surface area contributed by atoms with E-state index >= 15 is 0 Å². The van der Waals surface area contributed by atoms with Crippen molar-refractivity contribution >= 4 is 22.9 Å². The molecule has 1 aliphatic rings. The highest BCUT2D eigenvalue weighted by atomic mass is 35.5. The van der Waals surface area contributed by atoms with Gasteiger partial charge in [0.2, 0.25) is 0 Å². The first-order valence-corrected chi connectivity index (χ1v) is 9.10. The van der Waals surface area contributed by atoms with Crippen LogP contribution in [0, 0.1) is 0 Å². The molecule has 1 N–H and O–H groups in total. The maximum Gasteiger partial charge on any atom is 0.107 e. The highest BCUT2D eigenvalue weighted by Crippen LogP contribution is 2.28. The van der Waals surface area contributed by atoms with E-state index in [-0.39, 0.29) is 0 Å². The van der Waals surface area contributed by atoms with E-state index in [1.54, 1.807) is 16.9 Å². The lowest BCUT2D eigenvalue weighted by atomic mass is 9.97. The Morgan fingerprint density at radius 1 is 1.27 bits per heavy atom. The number of halogens is 1. The summed E-state index contributed by atoms with van der Waals surface area (Å²) in [6.45, 7) is 1.89. The largest absolute Gasteiger partial charge is 0.310 e. The lowest BCUT2D eigenvalue weighted by molar-refractivity contribution is 0.631. The molecule has 0 amide bonds. The van der Waals surface area contributed by atoms with Gasteiger partial charge in [-0.05, 0) is 56.3 Å². The number of rotatable bonds is 6. The summed E-state index contributed by atoms with van der Waals surface area (Å²) in [6, 6.07) is 7.94. The van der Waals surface area contributed by atoms with Crippen LogP contribution < -0.4 is 5.32 Å². The molecular weight excluding hydrogens is 312 g/mol. The normalized spacial score (nSPS) is 14.9. The number of allylic oxidation sites excluding steroid dienone is 1. The van der Waals surface area contributed by atoms with Crippen LogP contribution in [0.1, 0.15) is 37.1 Å². The summed E-state index contributed by atoms with van der Waals surface area (Å²) in [4.78, 5) is 5.68. The van der Waals surface area contributed by atoms with Crippen LogP contribution in [0.3, 0.4) is 0 Å². The molecule has 1 aromatic heterocycles. The lowest BCUT2D eigenvalue weighted by Gasteiger charge is -2.12. The molecule has 1 aliphatic carbocycles. The monoisotopic (exact) mass is 332 g/mol. The molecular formula is C18H21ClN2S. The molecule has 0 unspecified atom stereocenters. The third kappa shape index (κ3) is 4.42. The van der Waals surface area contributed by atoms with Gasteiger partial charge in [0.05, 0.1) is 4.88 Å². The number of hydrogen-bond donors (Lipinski definition) is 1. The number of benzene rings is 1. The van der Waals surface area contributed by atoms with Crippen LogP contribution in [0.2, 0.25) is 5.02 Å². The quantitative estimate of drug-likeness (QED) is 0.562. The van der Waals surface area contributed by atoms with Crippen molar-refractivity contribution in [3.05, 3.63) is 52.1 Å². The van der Waals surface area contributed by atoms with Crippen LogP contribution in [0.15, 0.2) is 42.1 Å². The zero-order valence-electron chi connectivity index (χ0n) is 12.6. The minimum Gasteiger partial charge on any atom is -0.310 e. The van der Waals surface area contributed by atoms with Crippen molar-refractivity contribution in [1.82, 2.24) is 10.3 Å². The molecule has 1 heterocycles. The van der Waals surface area contributed by atoms with Gasteiger partial charge in [-0.1, -0.05) is 35.4 Å². The Morgan fingerprint density at radius 2 is 2.23 bits per heavy atom. The highest BCUT2D eigenvalue weighted by molar-refractivity contribution is 7.15. The molecule has 2 nitrogen and oxygen atoms in total. The van der Waals surface area contributed by atoms with Crippen molar-refractivity contribution in [2.24, 2.45) is 0 Å². The average molecular weight is 333 g/mol. The Hall–Kier alpha value is -1.16. The smallest absolute Gasteiger partial charge is 0.107 e. The highest BCUT2D eigenvalue weighted by Gasteiger charge is 2.06. The first-order valence-electron chi connectivity index (χ1n) is 7.90. The first kappa shape index (κ1) is 15.7. The number of hydrogen-bond acceptors (Lipinski definition) is 3. The predicted molar refractivity (Wildman–Crippen MR) is 95.4 cm³/mol. The summed E-state index contributed by atoms with van der Waals surface area (Å²) >= 11 is 7.78. The minimum absolute atomic E-state index is 0.770. The second-order valence-corrected chi connectivity index (χ2v) is 7.22. The minimum atomic E-state index is 0.770. The number of nitrogens with one attached hydrogen (secondary N) is 1. The van der Waals surface area contributed by atoms with E-state index in [1.807, 2.05) is 24.4 Å². The molecule has 0 radical (unpaired) electrons. The Labute approximate surface area is 141 Å². The summed E-state index contributed by atoms with van der Waals surface area (Å²) < 4.78 is 0. The summed E-state index contributed by atoms with van der Waals surface area (Å²) in [6.07, 6.45) is 10.8. The van der Waals surface area contributed by atoms with E-state index in [1.165, 1.54) is 37.0 Å². The van der Waals surface area contributed by atoms with Crippen LogP contribution in [0.5, 0.6) is 0 Å². The van der Waals surface area contributed by atoms with Gasteiger partial charge in [0.1, 0.15) is 5.01 Å². The Morgan fingerprint density at radius 3 is 3.05 bits per heavy atom. The van der Waals surface area contributed by atoms with Gasteiger partial charge < -0.3 is 5.32 Å². The topological polar surface area (TPSA) is 24.9 Å². The number of nitrogens with zero attached hydrogens (tertiary/aromatic N) is 1. The molecule has 0 saturated carbocycles.